The van der Waals surface area contributed by atoms with Gasteiger partial charge in [-0.05, 0) is 37.2 Å². The molecular weight excluding hydrogens is 212 g/mol. The maximum Gasteiger partial charge on any atom is 0.137 e. The Morgan fingerprint density at radius 3 is 3.29 bits per heavy atom. The third-order valence-electron chi connectivity index (χ3n) is 3.36. The normalized spacial score (nSPS) is 18.4. The number of aromatic nitrogens is 2. The zero-order chi connectivity index (χ0) is 11.5. The quantitative estimate of drug-likeness (QED) is 0.818. The van der Waals surface area contributed by atoms with Gasteiger partial charge in [0.2, 0.25) is 0 Å². The Morgan fingerprint density at radius 1 is 1.29 bits per heavy atom. The van der Waals surface area contributed by atoms with Gasteiger partial charge in [-0.3, -0.25) is 4.90 Å². The summed E-state index contributed by atoms with van der Waals surface area (Å²) in [6, 6.07) is 4.15. The van der Waals surface area contributed by atoms with Crippen LogP contribution in [0.5, 0.6) is 0 Å². The highest BCUT2D eigenvalue weighted by Crippen LogP contribution is 2.17. The van der Waals surface area contributed by atoms with Crippen molar-refractivity contribution < 1.29 is 0 Å². The SMILES string of the molecule is c1cnc2[nH]cc(CN3CCCNCC3)c2c1. The summed E-state index contributed by atoms with van der Waals surface area (Å²) < 4.78 is 0. The first-order valence-corrected chi connectivity index (χ1v) is 6.27. The average molecular weight is 230 g/mol. The number of pyridine rings is 1. The van der Waals surface area contributed by atoms with Gasteiger partial charge in [-0.25, -0.2) is 4.98 Å². The summed E-state index contributed by atoms with van der Waals surface area (Å²) in [5.41, 5.74) is 2.35. The zero-order valence-corrected chi connectivity index (χ0v) is 9.95. The van der Waals surface area contributed by atoms with E-state index in [1.807, 2.05) is 12.3 Å². The van der Waals surface area contributed by atoms with Crippen molar-refractivity contribution in [1.29, 1.82) is 0 Å². The number of H-pyrrole nitrogens is 1. The monoisotopic (exact) mass is 230 g/mol. The van der Waals surface area contributed by atoms with Gasteiger partial charge in [-0.2, -0.15) is 0 Å². The van der Waals surface area contributed by atoms with Crippen LogP contribution < -0.4 is 5.32 Å². The van der Waals surface area contributed by atoms with E-state index in [1.54, 1.807) is 0 Å². The first-order chi connectivity index (χ1) is 8.43. The lowest BCUT2D eigenvalue weighted by Gasteiger charge is -2.18. The van der Waals surface area contributed by atoms with Crippen LogP contribution in [0.1, 0.15) is 12.0 Å². The van der Waals surface area contributed by atoms with Gasteiger partial charge in [0, 0.05) is 37.4 Å². The molecule has 2 N–H and O–H groups in total. The molecule has 1 saturated heterocycles. The standard InChI is InChI=1S/C13H18N4/c1-3-12-11(9-16-13(12)15-5-1)10-17-7-2-4-14-6-8-17/h1,3,5,9,14H,2,4,6-8,10H2,(H,15,16). The summed E-state index contributed by atoms with van der Waals surface area (Å²) in [7, 11) is 0. The molecule has 1 aliphatic heterocycles. The Morgan fingerprint density at radius 2 is 2.29 bits per heavy atom. The first-order valence-electron chi connectivity index (χ1n) is 6.27. The minimum absolute atomic E-state index is 0.996. The fraction of sp³-hybridized carbons (Fsp3) is 0.462. The van der Waals surface area contributed by atoms with Crippen LogP contribution in [0.4, 0.5) is 0 Å². The van der Waals surface area contributed by atoms with Crippen molar-refractivity contribution in [3.63, 3.8) is 0 Å². The number of hydrogen-bond donors (Lipinski definition) is 2. The molecule has 0 radical (unpaired) electrons. The topological polar surface area (TPSA) is 44.0 Å². The number of fused-ring (bicyclic) bond motifs is 1. The van der Waals surface area contributed by atoms with Crippen molar-refractivity contribution in [1.82, 2.24) is 20.2 Å². The lowest BCUT2D eigenvalue weighted by atomic mass is 10.2. The predicted octanol–water partition coefficient (Wildman–Crippen LogP) is 1.36. The van der Waals surface area contributed by atoms with E-state index in [2.05, 4.69) is 32.4 Å². The molecule has 0 aliphatic carbocycles. The third-order valence-corrected chi connectivity index (χ3v) is 3.36. The molecule has 1 fully saturated rings. The summed E-state index contributed by atoms with van der Waals surface area (Å²) in [5.74, 6) is 0. The number of hydrogen-bond acceptors (Lipinski definition) is 3. The van der Waals surface area contributed by atoms with E-state index in [-0.39, 0.29) is 0 Å². The van der Waals surface area contributed by atoms with Crippen molar-refractivity contribution >= 4 is 11.0 Å². The van der Waals surface area contributed by atoms with E-state index in [1.165, 1.54) is 23.9 Å². The minimum Gasteiger partial charge on any atom is -0.346 e. The Labute approximate surface area is 101 Å². The van der Waals surface area contributed by atoms with E-state index >= 15 is 0 Å². The highest BCUT2D eigenvalue weighted by molar-refractivity contribution is 5.79. The van der Waals surface area contributed by atoms with Crippen LogP contribution in [0.15, 0.2) is 24.5 Å². The molecule has 3 rings (SSSR count). The van der Waals surface area contributed by atoms with Crippen molar-refractivity contribution in [3.8, 4) is 0 Å². The van der Waals surface area contributed by atoms with Crippen LogP contribution >= 0.6 is 0 Å². The van der Waals surface area contributed by atoms with Gasteiger partial charge in [0.25, 0.3) is 0 Å². The molecule has 4 nitrogen and oxygen atoms in total. The maximum absolute atomic E-state index is 4.33. The van der Waals surface area contributed by atoms with Gasteiger partial charge in [0.1, 0.15) is 5.65 Å². The highest BCUT2D eigenvalue weighted by atomic mass is 15.1. The molecule has 0 spiro atoms. The molecule has 2 aromatic heterocycles. The summed E-state index contributed by atoms with van der Waals surface area (Å²) in [5, 5.41) is 4.69. The van der Waals surface area contributed by atoms with Gasteiger partial charge < -0.3 is 10.3 Å². The Balaban J connectivity index is 1.79. The lowest BCUT2D eigenvalue weighted by Crippen LogP contribution is -2.27. The Kier molecular flexibility index (Phi) is 3.07. The van der Waals surface area contributed by atoms with Gasteiger partial charge in [0.15, 0.2) is 0 Å². The second-order valence-electron chi connectivity index (χ2n) is 4.59. The largest absolute Gasteiger partial charge is 0.346 e. The summed E-state index contributed by atoms with van der Waals surface area (Å²) in [6.45, 7) is 5.58. The van der Waals surface area contributed by atoms with Gasteiger partial charge in [-0.1, -0.05) is 0 Å². The van der Waals surface area contributed by atoms with Gasteiger partial charge in [0.05, 0.1) is 0 Å². The first kappa shape index (κ1) is 10.7. The molecule has 0 unspecified atom stereocenters. The predicted molar refractivity (Wildman–Crippen MR) is 68.9 cm³/mol. The second-order valence-corrected chi connectivity index (χ2v) is 4.59. The molecule has 2 aromatic rings. The molecule has 0 bridgehead atoms. The molecule has 0 aromatic carbocycles. The van der Waals surface area contributed by atoms with Crippen LogP contribution in [0.25, 0.3) is 11.0 Å². The molecule has 1 aliphatic rings. The van der Waals surface area contributed by atoms with E-state index in [0.29, 0.717) is 0 Å². The van der Waals surface area contributed by atoms with Crippen LogP contribution in [-0.4, -0.2) is 41.0 Å². The molecule has 90 valence electrons. The van der Waals surface area contributed by atoms with E-state index in [4.69, 9.17) is 0 Å². The zero-order valence-electron chi connectivity index (χ0n) is 9.95. The van der Waals surface area contributed by atoms with Crippen LogP contribution in [0.3, 0.4) is 0 Å². The van der Waals surface area contributed by atoms with Crippen molar-refractivity contribution in [2.45, 2.75) is 13.0 Å². The minimum atomic E-state index is 0.996. The third kappa shape index (κ3) is 2.33. The lowest BCUT2D eigenvalue weighted by molar-refractivity contribution is 0.285. The molecule has 0 atom stereocenters. The van der Waals surface area contributed by atoms with E-state index in [0.717, 1.165) is 31.8 Å². The number of nitrogens with one attached hydrogen (secondary N) is 2. The van der Waals surface area contributed by atoms with Crippen LogP contribution in [-0.2, 0) is 6.54 Å². The van der Waals surface area contributed by atoms with Crippen molar-refractivity contribution in [3.05, 3.63) is 30.1 Å². The average Bonchev–Trinajstić information content (AvgIpc) is 2.59. The van der Waals surface area contributed by atoms with E-state index in [9.17, 15) is 0 Å². The summed E-state index contributed by atoms with van der Waals surface area (Å²) in [4.78, 5) is 10.1. The Bertz CT molecular complexity index is 483. The molecule has 0 amide bonds. The van der Waals surface area contributed by atoms with Crippen molar-refractivity contribution in [2.75, 3.05) is 26.2 Å². The fourth-order valence-electron chi connectivity index (χ4n) is 2.44. The maximum atomic E-state index is 4.33. The number of nitrogens with zero attached hydrogens (tertiary/aromatic N) is 2. The molecule has 4 heteroatoms. The highest BCUT2D eigenvalue weighted by Gasteiger charge is 2.11. The smallest absolute Gasteiger partial charge is 0.137 e. The molecule has 0 saturated carbocycles. The van der Waals surface area contributed by atoms with Gasteiger partial charge >= 0.3 is 0 Å². The van der Waals surface area contributed by atoms with Crippen LogP contribution in [0.2, 0.25) is 0 Å². The van der Waals surface area contributed by atoms with Crippen LogP contribution in [0, 0.1) is 0 Å². The second kappa shape index (κ2) is 4.85. The molecule has 3 heterocycles. The molecule has 17 heavy (non-hydrogen) atoms. The molecular formula is C13H18N4. The summed E-state index contributed by atoms with van der Waals surface area (Å²) in [6.07, 6.45) is 5.16. The number of aromatic amines is 1. The van der Waals surface area contributed by atoms with E-state index < -0.39 is 0 Å². The Hall–Kier alpha value is -1.39. The van der Waals surface area contributed by atoms with Crippen molar-refractivity contribution in [2.24, 2.45) is 0 Å². The summed E-state index contributed by atoms with van der Waals surface area (Å²) >= 11 is 0. The van der Waals surface area contributed by atoms with Gasteiger partial charge in [-0.15, -0.1) is 0 Å². The number of rotatable bonds is 2. The fourth-order valence-corrected chi connectivity index (χ4v) is 2.44.